The summed E-state index contributed by atoms with van der Waals surface area (Å²) in [6.07, 6.45) is 4.86. The molecule has 0 bridgehead atoms. The lowest BCUT2D eigenvalue weighted by molar-refractivity contribution is 0.102. The maximum atomic E-state index is 12.6. The quantitative estimate of drug-likeness (QED) is 0.791. The van der Waals surface area contributed by atoms with Gasteiger partial charge in [0.2, 0.25) is 5.78 Å². The highest BCUT2D eigenvalue weighted by molar-refractivity contribution is 6.34. The fourth-order valence-corrected chi connectivity index (χ4v) is 2.31. The molecule has 19 heavy (non-hydrogen) atoms. The van der Waals surface area contributed by atoms with Crippen LogP contribution in [0.3, 0.4) is 0 Å². The smallest absolute Gasteiger partial charge is 0.215 e. The molecule has 102 valence electrons. The summed E-state index contributed by atoms with van der Waals surface area (Å²) >= 11 is 6.10. The average molecular weight is 281 g/mol. The monoisotopic (exact) mass is 280 g/mol. The van der Waals surface area contributed by atoms with Gasteiger partial charge in [0.05, 0.1) is 22.5 Å². The predicted octanol–water partition coefficient (Wildman–Crippen LogP) is 2.47. The van der Waals surface area contributed by atoms with Gasteiger partial charge in [-0.05, 0) is 12.8 Å². The normalized spacial score (nSPS) is 10.9. The van der Waals surface area contributed by atoms with E-state index in [2.05, 4.69) is 10.2 Å². The molecule has 0 fully saturated rings. The molecule has 0 unspecified atom stereocenters. The highest BCUT2D eigenvalue weighted by atomic mass is 35.5. The molecule has 0 saturated heterocycles. The van der Waals surface area contributed by atoms with Gasteiger partial charge in [0.25, 0.3) is 0 Å². The van der Waals surface area contributed by atoms with Crippen molar-refractivity contribution in [2.45, 2.75) is 33.2 Å². The van der Waals surface area contributed by atoms with Crippen molar-refractivity contribution < 1.29 is 4.79 Å². The Morgan fingerprint density at radius 2 is 2.16 bits per heavy atom. The van der Waals surface area contributed by atoms with Crippen LogP contribution in [-0.4, -0.2) is 25.3 Å². The van der Waals surface area contributed by atoms with Gasteiger partial charge in [-0.1, -0.05) is 25.4 Å². The fourth-order valence-electron chi connectivity index (χ4n) is 2.08. The Bertz CT molecular complexity index is 600. The Hall–Kier alpha value is -1.62. The van der Waals surface area contributed by atoms with Crippen LogP contribution in [0.15, 0.2) is 12.4 Å². The second-order valence-electron chi connectivity index (χ2n) is 4.41. The molecule has 2 heterocycles. The third kappa shape index (κ3) is 2.56. The molecule has 0 aromatic carbocycles. The minimum atomic E-state index is -0.110. The standard InChI is InChI=1S/C13H17ClN4O/c1-4-6-18-12(10(14)7-15-18)13(19)9-8-17(3)16-11(9)5-2/h7-8H,4-6H2,1-3H3. The lowest BCUT2D eigenvalue weighted by atomic mass is 10.1. The third-order valence-electron chi connectivity index (χ3n) is 2.93. The first-order valence-electron chi connectivity index (χ1n) is 6.37. The van der Waals surface area contributed by atoms with Crippen LogP contribution in [0.25, 0.3) is 0 Å². The zero-order valence-electron chi connectivity index (χ0n) is 11.4. The van der Waals surface area contributed by atoms with Crippen LogP contribution in [-0.2, 0) is 20.0 Å². The van der Waals surface area contributed by atoms with Crippen molar-refractivity contribution in [3.8, 4) is 0 Å². The number of rotatable bonds is 5. The zero-order valence-corrected chi connectivity index (χ0v) is 12.1. The number of halogens is 1. The summed E-state index contributed by atoms with van der Waals surface area (Å²) in [6.45, 7) is 4.69. The lowest BCUT2D eigenvalue weighted by Gasteiger charge is -2.05. The Labute approximate surface area is 117 Å². The second-order valence-corrected chi connectivity index (χ2v) is 4.82. The highest BCUT2D eigenvalue weighted by Gasteiger charge is 2.22. The molecule has 0 radical (unpaired) electrons. The molecule has 0 saturated carbocycles. The number of carbonyl (C=O) groups is 1. The van der Waals surface area contributed by atoms with Crippen molar-refractivity contribution >= 4 is 17.4 Å². The van der Waals surface area contributed by atoms with Gasteiger partial charge in [-0.2, -0.15) is 10.2 Å². The molecule has 0 atom stereocenters. The molecule has 0 aliphatic heterocycles. The zero-order chi connectivity index (χ0) is 14.0. The van der Waals surface area contributed by atoms with Crippen LogP contribution in [0.4, 0.5) is 0 Å². The first-order chi connectivity index (χ1) is 9.08. The van der Waals surface area contributed by atoms with Crippen molar-refractivity contribution in [1.82, 2.24) is 19.6 Å². The molecule has 0 aliphatic carbocycles. The molecule has 2 aromatic heterocycles. The fraction of sp³-hybridized carbons (Fsp3) is 0.462. The Kier molecular flexibility index (Phi) is 4.04. The van der Waals surface area contributed by atoms with Gasteiger partial charge in [-0.25, -0.2) is 0 Å². The molecule has 0 amide bonds. The number of hydrogen-bond acceptors (Lipinski definition) is 3. The minimum Gasteiger partial charge on any atom is -0.287 e. The van der Waals surface area contributed by atoms with Crippen LogP contribution in [0.1, 0.15) is 42.0 Å². The summed E-state index contributed by atoms with van der Waals surface area (Å²) in [6, 6.07) is 0. The Balaban J connectivity index is 2.46. The van der Waals surface area contributed by atoms with E-state index in [-0.39, 0.29) is 5.78 Å². The number of aromatic nitrogens is 4. The van der Waals surface area contributed by atoms with Crippen LogP contribution < -0.4 is 0 Å². The molecule has 0 aliphatic rings. The van der Waals surface area contributed by atoms with E-state index in [1.54, 1.807) is 22.6 Å². The predicted molar refractivity (Wildman–Crippen MR) is 73.5 cm³/mol. The van der Waals surface area contributed by atoms with Gasteiger partial charge in [0.15, 0.2) is 0 Å². The molecule has 6 heteroatoms. The summed E-state index contributed by atoms with van der Waals surface area (Å²) in [5.41, 5.74) is 1.84. The number of aryl methyl sites for hydroxylation is 3. The van der Waals surface area contributed by atoms with Crippen LogP contribution in [0, 0.1) is 0 Å². The van der Waals surface area contributed by atoms with Gasteiger partial charge in [0, 0.05) is 19.8 Å². The summed E-state index contributed by atoms with van der Waals surface area (Å²) in [5.74, 6) is -0.110. The molecule has 2 rings (SSSR count). The summed E-state index contributed by atoms with van der Waals surface area (Å²) in [5, 5.41) is 8.83. The Morgan fingerprint density at radius 3 is 2.79 bits per heavy atom. The topological polar surface area (TPSA) is 52.7 Å². The number of nitrogens with zero attached hydrogens (tertiary/aromatic N) is 4. The van der Waals surface area contributed by atoms with E-state index < -0.39 is 0 Å². The molecular formula is C13H17ClN4O. The van der Waals surface area contributed by atoms with E-state index in [1.165, 1.54) is 6.20 Å². The van der Waals surface area contributed by atoms with E-state index in [0.29, 0.717) is 29.2 Å². The van der Waals surface area contributed by atoms with Crippen LogP contribution in [0.5, 0.6) is 0 Å². The van der Waals surface area contributed by atoms with E-state index in [0.717, 1.165) is 12.1 Å². The van der Waals surface area contributed by atoms with Crippen LogP contribution >= 0.6 is 11.6 Å². The molecule has 0 spiro atoms. The van der Waals surface area contributed by atoms with Crippen molar-refractivity contribution in [2.75, 3.05) is 0 Å². The SMILES string of the molecule is CCCn1ncc(Cl)c1C(=O)c1cn(C)nc1CC. The maximum absolute atomic E-state index is 12.6. The minimum absolute atomic E-state index is 0.110. The number of hydrogen-bond donors (Lipinski definition) is 0. The van der Waals surface area contributed by atoms with Gasteiger partial charge in [-0.3, -0.25) is 14.2 Å². The molecular weight excluding hydrogens is 264 g/mol. The van der Waals surface area contributed by atoms with E-state index in [9.17, 15) is 4.79 Å². The van der Waals surface area contributed by atoms with Gasteiger partial charge >= 0.3 is 0 Å². The lowest BCUT2D eigenvalue weighted by Crippen LogP contribution is -2.13. The van der Waals surface area contributed by atoms with Crippen LogP contribution in [0.2, 0.25) is 5.02 Å². The van der Waals surface area contributed by atoms with Gasteiger partial charge in [0.1, 0.15) is 5.69 Å². The first kappa shape index (κ1) is 13.8. The largest absolute Gasteiger partial charge is 0.287 e. The molecule has 0 N–H and O–H groups in total. The first-order valence-corrected chi connectivity index (χ1v) is 6.74. The van der Waals surface area contributed by atoms with E-state index in [1.807, 2.05) is 13.8 Å². The van der Waals surface area contributed by atoms with Crippen molar-refractivity contribution in [3.05, 3.63) is 34.4 Å². The summed E-state index contributed by atoms with van der Waals surface area (Å²) < 4.78 is 3.32. The second kappa shape index (κ2) is 5.57. The highest BCUT2D eigenvalue weighted by Crippen LogP contribution is 2.21. The van der Waals surface area contributed by atoms with Gasteiger partial charge < -0.3 is 0 Å². The van der Waals surface area contributed by atoms with E-state index >= 15 is 0 Å². The number of carbonyl (C=O) groups excluding carboxylic acids is 1. The van der Waals surface area contributed by atoms with Crippen molar-refractivity contribution in [2.24, 2.45) is 7.05 Å². The van der Waals surface area contributed by atoms with Crippen molar-refractivity contribution in [1.29, 1.82) is 0 Å². The van der Waals surface area contributed by atoms with Gasteiger partial charge in [-0.15, -0.1) is 0 Å². The maximum Gasteiger partial charge on any atom is 0.215 e. The van der Waals surface area contributed by atoms with Crippen molar-refractivity contribution in [3.63, 3.8) is 0 Å². The molecule has 5 nitrogen and oxygen atoms in total. The molecule has 2 aromatic rings. The average Bonchev–Trinajstić information content (AvgIpc) is 2.93. The third-order valence-corrected chi connectivity index (χ3v) is 3.21. The summed E-state index contributed by atoms with van der Waals surface area (Å²) in [7, 11) is 1.81. The number of ketones is 1. The van der Waals surface area contributed by atoms with E-state index in [4.69, 9.17) is 11.6 Å². The summed E-state index contributed by atoms with van der Waals surface area (Å²) in [4.78, 5) is 12.6. The Morgan fingerprint density at radius 1 is 1.42 bits per heavy atom.